The zero-order valence-electron chi connectivity index (χ0n) is 28.1. The van der Waals surface area contributed by atoms with Gasteiger partial charge in [0.15, 0.2) is 0 Å². The third-order valence-electron chi connectivity index (χ3n) is 8.57. The maximum absolute atomic E-state index is 13.7. The summed E-state index contributed by atoms with van der Waals surface area (Å²) in [5.74, 6) is 0. The van der Waals surface area contributed by atoms with Gasteiger partial charge in [-0.2, -0.15) is 13.2 Å². The molecule has 0 saturated heterocycles. The van der Waals surface area contributed by atoms with Crippen LogP contribution in [0.2, 0.25) is 0 Å². The van der Waals surface area contributed by atoms with E-state index in [1.807, 2.05) is 0 Å². The quantitative estimate of drug-likeness (QED) is 0.0985. The number of allylic oxidation sites excluding steroid dienone is 1. The molecule has 2 aromatic heterocycles. The summed E-state index contributed by atoms with van der Waals surface area (Å²) in [6.07, 6.45) is -0.266. The molecule has 0 amide bonds. The molecule has 2 heterocycles. The van der Waals surface area contributed by atoms with Crippen LogP contribution in [0.15, 0.2) is 170 Å². The van der Waals surface area contributed by atoms with E-state index in [4.69, 9.17) is 0 Å². The fourth-order valence-electron chi connectivity index (χ4n) is 6.22. The van der Waals surface area contributed by atoms with Gasteiger partial charge in [0.1, 0.15) is 35.0 Å². The summed E-state index contributed by atoms with van der Waals surface area (Å²) in [6.45, 7) is 0. The molecule has 52 heavy (non-hydrogen) atoms. The van der Waals surface area contributed by atoms with Crippen molar-refractivity contribution in [2.75, 3.05) is 0 Å². The molecule has 0 saturated carbocycles. The number of benzene rings is 5. The smallest absolute Gasteiger partial charge is 0.417 e. The maximum atomic E-state index is 13.7. The van der Waals surface area contributed by atoms with Gasteiger partial charge in [-0.1, -0.05) is 115 Å². The molecular formula is C42H34ClF3N3O2P. The topological polar surface area (TPSA) is 61.0 Å². The standard InChI is InChI=1S/C25H22P.C17H12F3N3O2.ClH/c1-5-13-22(14-6-1)21-26(23-15-7-2-8-16-23,24-17-9-3-10-18-24)25-19-11-4-12-20-25;1-22-10-14(13-8-12(23(24)25)9-21-16(13)22)15(17(18,19)20)7-11-5-3-2-4-6-11;/h1-20H,21H2;2-10H,1H3;1H/q+1;;/p-1. The highest BCUT2D eigenvalue weighted by Gasteiger charge is 2.45. The minimum Gasteiger partial charge on any atom is -1.00 e. The van der Waals surface area contributed by atoms with E-state index in [-0.39, 0.29) is 34.7 Å². The van der Waals surface area contributed by atoms with Gasteiger partial charge < -0.3 is 17.0 Å². The molecule has 0 aliphatic carbocycles. The summed E-state index contributed by atoms with van der Waals surface area (Å²) in [4.78, 5) is 14.2. The molecule has 0 atom stereocenters. The van der Waals surface area contributed by atoms with Crippen molar-refractivity contribution in [1.82, 2.24) is 9.55 Å². The number of halogens is 4. The minimum absolute atomic E-state index is 0. The van der Waals surface area contributed by atoms with Crippen LogP contribution < -0.4 is 28.3 Å². The van der Waals surface area contributed by atoms with Crippen molar-refractivity contribution >= 4 is 51.5 Å². The van der Waals surface area contributed by atoms with E-state index in [1.165, 1.54) is 32.2 Å². The Morgan fingerprint density at radius 1 is 0.750 bits per heavy atom. The first-order valence-electron chi connectivity index (χ1n) is 16.2. The van der Waals surface area contributed by atoms with Gasteiger partial charge in [-0.3, -0.25) is 10.1 Å². The summed E-state index contributed by atoms with van der Waals surface area (Å²) in [6, 6.07) is 53.2. The molecule has 7 rings (SSSR count). The number of nitrogens with zero attached hydrogens (tertiary/aromatic N) is 3. The molecule has 10 heteroatoms. The lowest BCUT2D eigenvalue weighted by Gasteiger charge is -2.27. The second-order valence-electron chi connectivity index (χ2n) is 11.9. The van der Waals surface area contributed by atoms with Crippen molar-refractivity contribution in [2.45, 2.75) is 12.3 Å². The van der Waals surface area contributed by atoms with Crippen LogP contribution >= 0.6 is 7.26 Å². The summed E-state index contributed by atoms with van der Waals surface area (Å²) in [5, 5.41) is 15.3. The lowest BCUT2D eigenvalue weighted by Crippen LogP contribution is -3.00. The fourth-order valence-corrected chi connectivity index (χ4v) is 10.5. The van der Waals surface area contributed by atoms with Crippen molar-refractivity contribution in [1.29, 1.82) is 0 Å². The van der Waals surface area contributed by atoms with Gasteiger partial charge in [-0.25, -0.2) is 4.98 Å². The van der Waals surface area contributed by atoms with E-state index in [9.17, 15) is 23.3 Å². The van der Waals surface area contributed by atoms with Gasteiger partial charge in [0.2, 0.25) is 0 Å². The van der Waals surface area contributed by atoms with E-state index in [0.717, 1.165) is 24.5 Å². The first-order valence-corrected chi connectivity index (χ1v) is 18.2. The highest BCUT2D eigenvalue weighted by Crippen LogP contribution is 2.58. The Hall–Kier alpha value is -5.56. The monoisotopic (exact) mass is 735 g/mol. The number of fused-ring (bicyclic) bond motifs is 1. The van der Waals surface area contributed by atoms with Crippen molar-refractivity contribution in [3.63, 3.8) is 0 Å². The summed E-state index contributed by atoms with van der Waals surface area (Å²) < 4.78 is 42.4. The van der Waals surface area contributed by atoms with E-state index in [2.05, 4.69) is 126 Å². The Labute approximate surface area is 307 Å². The highest BCUT2D eigenvalue weighted by molar-refractivity contribution is 7.95. The molecule has 0 aliphatic heterocycles. The van der Waals surface area contributed by atoms with Crippen molar-refractivity contribution < 1.29 is 30.5 Å². The SMILES string of the molecule is Cn1cc(C(=Cc2ccccc2)C(F)(F)F)c2cc([N+](=O)[O-])cnc21.[Cl-].c1ccc(C[P+](c2ccccc2)(c2ccccc2)c2ccccc2)cc1. The first-order chi connectivity index (χ1) is 24.7. The average molecular weight is 736 g/mol. The highest BCUT2D eigenvalue weighted by atomic mass is 35.5. The number of nitro groups is 1. The van der Waals surface area contributed by atoms with Gasteiger partial charge in [-0.15, -0.1) is 0 Å². The molecule has 0 spiro atoms. The van der Waals surface area contributed by atoms with E-state index in [1.54, 1.807) is 37.4 Å². The van der Waals surface area contributed by atoms with Gasteiger partial charge in [-0.05, 0) is 53.6 Å². The number of hydrogen-bond acceptors (Lipinski definition) is 3. The zero-order chi connectivity index (χ0) is 35.8. The molecule has 0 fully saturated rings. The number of aryl methyl sites for hydroxylation is 1. The van der Waals surface area contributed by atoms with Gasteiger partial charge in [0.05, 0.1) is 16.7 Å². The Bertz CT molecular complexity index is 2150. The molecule has 7 aromatic rings. The Morgan fingerprint density at radius 2 is 1.19 bits per heavy atom. The Balaban J connectivity index is 0.000000197. The molecule has 0 N–H and O–H groups in total. The van der Waals surface area contributed by atoms with Gasteiger partial charge >= 0.3 is 6.18 Å². The van der Waals surface area contributed by atoms with E-state index < -0.39 is 23.9 Å². The molecular weight excluding hydrogens is 702 g/mol. The molecule has 5 nitrogen and oxygen atoms in total. The second kappa shape index (κ2) is 16.6. The third kappa shape index (κ3) is 8.31. The number of rotatable bonds is 8. The molecule has 0 bridgehead atoms. The minimum atomic E-state index is -4.63. The fraction of sp³-hybridized carbons (Fsp3) is 0.0714. The molecule has 262 valence electrons. The Kier molecular flexibility index (Phi) is 12.1. The summed E-state index contributed by atoms with van der Waals surface area (Å²) >= 11 is 0. The maximum Gasteiger partial charge on any atom is 0.417 e. The molecule has 0 unspecified atom stereocenters. The first kappa shape index (κ1) is 37.7. The van der Waals surface area contributed by atoms with Crippen LogP contribution in [0.25, 0.3) is 22.7 Å². The van der Waals surface area contributed by atoms with Crippen molar-refractivity contribution in [2.24, 2.45) is 7.05 Å². The van der Waals surface area contributed by atoms with Crippen LogP contribution in [-0.2, 0) is 13.2 Å². The van der Waals surface area contributed by atoms with Crippen LogP contribution in [0, 0.1) is 10.1 Å². The average Bonchev–Trinajstić information content (AvgIpc) is 3.49. The Morgan fingerprint density at radius 3 is 1.63 bits per heavy atom. The summed E-state index contributed by atoms with van der Waals surface area (Å²) in [5.41, 5.74) is 0.615. The van der Waals surface area contributed by atoms with E-state index in [0.29, 0.717) is 5.56 Å². The van der Waals surface area contributed by atoms with Crippen LogP contribution in [0.4, 0.5) is 18.9 Å². The lowest BCUT2D eigenvalue weighted by atomic mass is 10.0. The number of hydrogen-bond donors (Lipinski definition) is 0. The molecule has 0 aliphatic rings. The van der Waals surface area contributed by atoms with Gasteiger partial charge in [0, 0.05) is 30.3 Å². The second-order valence-corrected chi connectivity index (χ2v) is 15.4. The van der Waals surface area contributed by atoms with Crippen LogP contribution in [0.1, 0.15) is 16.7 Å². The largest absolute Gasteiger partial charge is 1.00 e. The lowest BCUT2D eigenvalue weighted by molar-refractivity contribution is -0.385. The number of aromatic nitrogens is 2. The third-order valence-corrected chi connectivity index (χ3v) is 12.9. The van der Waals surface area contributed by atoms with Crippen LogP contribution in [0.3, 0.4) is 0 Å². The summed E-state index contributed by atoms with van der Waals surface area (Å²) in [7, 11) is -0.232. The van der Waals surface area contributed by atoms with Crippen molar-refractivity contribution in [3.8, 4) is 0 Å². The van der Waals surface area contributed by atoms with Crippen LogP contribution in [-0.4, -0.2) is 20.7 Å². The number of alkyl halides is 3. The van der Waals surface area contributed by atoms with Crippen molar-refractivity contribution in [3.05, 3.63) is 197 Å². The van der Waals surface area contributed by atoms with Gasteiger partial charge in [0.25, 0.3) is 5.69 Å². The van der Waals surface area contributed by atoms with E-state index >= 15 is 0 Å². The molecule has 0 radical (unpaired) electrons. The zero-order valence-corrected chi connectivity index (χ0v) is 29.7. The van der Waals surface area contributed by atoms with Crippen LogP contribution in [0.5, 0.6) is 0 Å². The molecule has 5 aromatic carbocycles. The predicted octanol–water partition coefficient (Wildman–Crippen LogP) is 6.77. The number of pyridine rings is 1. The predicted molar refractivity (Wildman–Crippen MR) is 203 cm³/mol. The normalized spacial score (nSPS) is 11.7.